The number of nitrogen functional groups attached to an aromatic ring is 1. The number of benzene rings is 1. The number of anilines is 2. The van der Waals surface area contributed by atoms with Crippen molar-refractivity contribution in [1.82, 2.24) is 4.98 Å². The van der Waals surface area contributed by atoms with Gasteiger partial charge in [0.1, 0.15) is 11.6 Å². The molecule has 0 spiro atoms. The number of halogens is 2. The molecule has 0 atom stereocenters. The SMILES string of the molecule is Nc1ccc(NC(=O)c2cncc(F)c2)c(F)c1. The highest BCUT2D eigenvalue weighted by molar-refractivity contribution is 6.04. The van der Waals surface area contributed by atoms with Crippen LogP contribution in [0.1, 0.15) is 10.4 Å². The molecule has 1 aromatic heterocycles. The highest BCUT2D eigenvalue weighted by Crippen LogP contribution is 2.17. The number of nitrogens with two attached hydrogens (primary N) is 1. The summed E-state index contributed by atoms with van der Waals surface area (Å²) in [6, 6.07) is 4.87. The van der Waals surface area contributed by atoms with E-state index >= 15 is 0 Å². The first kappa shape index (κ1) is 12.0. The maximum atomic E-state index is 13.4. The van der Waals surface area contributed by atoms with Gasteiger partial charge in [-0.2, -0.15) is 0 Å². The molecule has 1 amide bonds. The third kappa shape index (κ3) is 2.60. The molecule has 1 aromatic carbocycles. The summed E-state index contributed by atoms with van der Waals surface area (Å²) in [6.45, 7) is 0. The molecular formula is C12H9F2N3O. The van der Waals surface area contributed by atoms with Gasteiger partial charge in [0, 0.05) is 11.9 Å². The van der Waals surface area contributed by atoms with Gasteiger partial charge in [0.2, 0.25) is 0 Å². The van der Waals surface area contributed by atoms with E-state index in [1.165, 1.54) is 18.3 Å². The molecule has 0 radical (unpaired) electrons. The lowest BCUT2D eigenvalue weighted by Crippen LogP contribution is -2.13. The van der Waals surface area contributed by atoms with E-state index in [-0.39, 0.29) is 16.9 Å². The van der Waals surface area contributed by atoms with Crippen LogP contribution in [0.25, 0.3) is 0 Å². The highest BCUT2D eigenvalue weighted by Gasteiger charge is 2.10. The standard InChI is InChI=1S/C12H9F2N3O/c13-8-3-7(5-16-6-8)12(18)17-11-2-1-9(15)4-10(11)14/h1-6H,15H2,(H,17,18). The molecule has 0 saturated heterocycles. The second-order valence-corrected chi connectivity index (χ2v) is 3.59. The lowest BCUT2D eigenvalue weighted by molar-refractivity contribution is 0.102. The summed E-state index contributed by atoms with van der Waals surface area (Å²) in [5.74, 6) is -1.95. The van der Waals surface area contributed by atoms with E-state index in [1.807, 2.05) is 0 Å². The fourth-order valence-electron chi connectivity index (χ4n) is 1.36. The molecule has 0 fully saturated rings. The molecule has 0 saturated carbocycles. The van der Waals surface area contributed by atoms with Gasteiger partial charge in [0.25, 0.3) is 5.91 Å². The number of amides is 1. The van der Waals surface area contributed by atoms with Gasteiger partial charge in [0.15, 0.2) is 0 Å². The number of hydrogen-bond acceptors (Lipinski definition) is 3. The minimum Gasteiger partial charge on any atom is -0.399 e. The van der Waals surface area contributed by atoms with Crippen LogP contribution in [0.2, 0.25) is 0 Å². The van der Waals surface area contributed by atoms with Gasteiger partial charge in [-0.3, -0.25) is 9.78 Å². The summed E-state index contributed by atoms with van der Waals surface area (Å²) >= 11 is 0. The monoisotopic (exact) mass is 249 g/mol. The molecule has 3 N–H and O–H groups in total. The van der Waals surface area contributed by atoms with E-state index in [9.17, 15) is 13.6 Å². The third-order valence-electron chi connectivity index (χ3n) is 2.21. The quantitative estimate of drug-likeness (QED) is 0.801. The molecular weight excluding hydrogens is 240 g/mol. The predicted octanol–water partition coefficient (Wildman–Crippen LogP) is 2.19. The van der Waals surface area contributed by atoms with Crippen LogP contribution in [0.15, 0.2) is 36.7 Å². The molecule has 0 aliphatic heterocycles. The summed E-state index contributed by atoms with van der Waals surface area (Å²) < 4.78 is 26.3. The number of nitrogens with one attached hydrogen (secondary N) is 1. The average molecular weight is 249 g/mol. The summed E-state index contributed by atoms with van der Waals surface area (Å²) in [6.07, 6.45) is 2.16. The molecule has 6 heteroatoms. The second kappa shape index (κ2) is 4.79. The first-order valence-corrected chi connectivity index (χ1v) is 5.03. The van der Waals surface area contributed by atoms with Crippen molar-refractivity contribution in [3.63, 3.8) is 0 Å². The molecule has 4 nitrogen and oxygen atoms in total. The van der Waals surface area contributed by atoms with Gasteiger partial charge in [-0.05, 0) is 24.3 Å². The molecule has 92 valence electrons. The zero-order chi connectivity index (χ0) is 13.1. The van der Waals surface area contributed by atoms with Crippen molar-refractivity contribution in [2.45, 2.75) is 0 Å². The highest BCUT2D eigenvalue weighted by atomic mass is 19.1. The van der Waals surface area contributed by atoms with E-state index in [0.29, 0.717) is 0 Å². The maximum absolute atomic E-state index is 13.4. The largest absolute Gasteiger partial charge is 0.399 e. The van der Waals surface area contributed by atoms with Gasteiger partial charge < -0.3 is 11.1 Å². The normalized spacial score (nSPS) is 10.1. The van der Waals surface area contributed by atoms with Crippen LogP contribution < -0.4 is 11.1 Å². The molecule has 2 rings (SSSR count). The lowest BCUT2D eigenvalue weighted by Gasteiger charge is -2.06. The predicted molar refractivity (Wildman–Crippen MR) is 63.0 cm³/mol. The Kier molecular flexibility index (Phi) is 3.18. The molecule has 0 aliphatic carbocycles. The first-order chi connectivity index (χ1) is 8.56. The summed E-state index contributed by atoms with van der Waals surface area (Å²) in [5.41, 5.74) is 5.60. The Balaban J connectivity index is 2.21. The van der Waals surface area contributed by atoms with Crippen molar-refractivity contribution in [2.24, 2.45) is 0 Å². The Labute approximate surface area is 101 Å². The second-order valence-electron chi connectivity index (χ2n) is 3.59. The lowest BCUT2D eigenvalue weighted by atomic mass is 10.2. The van der Waals surface area contributed by atoms with Crippen molar-refractivity contribution in [3.8, 4) is 0 Å². The molecule has 18 heavy (non-hydrogen) atoms. The van der Waals surface area contributed by atoms with Gasteiger partial charge in [-0.25, -0.2) is 8.78 Å². The molecule has 2 aromatic rings. The smallest absolute Gasteiger partial charge is 0.257 e. The Bertz CT molecular complexity index is 602. The van der Waals surface area contributed by atoms with Crippen LogP contribution in [0, 0.1) is 11.6 Å². The van der Waals surface area contributed by atoms with E-state index in [4.69, 9.17) is 5.73 Å². The fourth-order valence-corrected chi connectivity index (χ4v) is 1.36. The number of nitrogens with zero attached hydrogens (tertiary/aromatic N) is 1. The number of carbonyl (C=O) groups is 1. The number of hydrogen-bond donors (Lipinski definition) is 2. The Morgan fingerprint density at radius 3 is 2.67 bits per heavy atom. The number of pyridine rings is 1. The van der Waals surface area contributed by atoms with E-state index in [0.717, 1.165) is 18.3 Å². The van der Waals surface area contributed by atoms with Crippen LogP contribution >= 0.6 is 0 Å². The molecule has 1 heterocycles. The Morgan fingerprint density at radius 1 is 1.22 bits per heavy atom. The van der Waals surface area contributed by atoms with Gasteiger partial charge >= 0.3 is 0 Å². The minimum absolute atomic E-state index is 0.00576. The number of aromatic nitrogens is 1. The van der Waals surface area contributed by atoms with Gasteiger partial charge in [-0.1, -0.05) is 0 Å². The van der Waals surface area contributed by atoms with Crippen LogP contribution in [0.4, 0.5) is 20.2 Å². The summed E-state index contributed by atoms with van der Waals surface area (Å²) in [5, 5.41) is 2.30. The van der Waals surface area contributed by atoms with Crippen LogP contribution in [0.3, 0.4) is 0 Å². The average Bonchev–Trinajstić information content (AvgIpc) is 2.32. The summed E-state index contributed by atoms with van der Waals surface area (Å²) in [4.78, 5) is 15.2. The maximum Gasteiger partial charge on any atom is 0.257 e. The first-order valence-electron chi connectivity index (χ1n) is 5.03. The van der Waals surface area contributed by atoms with Gasteiger partial charge in [-0.15, -0.1) is 0 Å². The Hall–Kier alpha value is -2.50. The molecule has 0 bridgehead atoms. The van der Waals surface area contributed by atoms with Crippen LogP contribution in [0.5, 0.6) is 0 Å². The minimum atomic E-state index is -0.660. The van der Waals surface area contributed by atoms with Crippen molar-refractivity contribution in [2.75, 3.05) is 11.1 Å². The van der Waals surface area contributed by atoms with Gasteiger partial charge in [0.05, 0.1) is 17.4 Å². The topological polar surface area (TPSA) is 68.0 Å². The van der Waals surface area contributed by atoms with Crippen LogP contribution in [-0.4, -0.2) is 10.9 Å². The third-order valence-corrected chi connectivity index (χ3v) is 2.21. The van der Waals surface area contributed by atoms with Crippen molar-refractivity contribution < 1.29 is 13.6 Å². The zero-order valence-electron chi connectivity index (χ0n) is 9.15. The Morgan fingerprint density at radius 2 is 2.00 bits per heavy atom. The number of carbonyl (C=O) groups excluding carboxylic acids is 1. The zero-order valence-corrected chi connectivity index (χ0v) is 9.15. The van der Waals surface area contributed by atoms with Crippen molar-refractivity contribution in [1.29, 1.82) is 0 Å². The fraction of sp³-hybridized carbons (Fsp3) is 0. The molecule has 0 aliphatic rings. The van der Waals surface area contributed by atoms with E-state index in [2.05, 4.69) is 10.3 Å². The summed E-state index contributed by atoms with van der Waals surface area (Å²) in [7, 11) is 0. The van der Waals surface area contributed by atoms with Crippen molar-refractivity contribution in [3.05, 3.63) is 53.9 Å². The van der Waals surface area contributed by atoms with E-state index in [1.54, 1.807) is 0 Å². The molecule has 0 unspecified atom stereocenters. The van der Waals surface area contributed by atoms with Crippen molar-refractivity contribution >= 4 is 17.3 Å². The van der Waals surface area contributed by atoms with E-state index < -0.39 is 17.5 Å². The van der Waals surface area contributed by atoms with Crippen LogP contribution in [-0.2, 0) is 0 Å². The number of rotatable bonds is 2.